The first-order valence-corrected chi connectivity index (χ1v) is 11.5. The molecule has 4 N–H and O–H groups in total. The molecule has 0 saturated carbocycles. The van der Waals surface area contributed by atoms with Crippen LogP contribution in [-0.4, -0.2) is 44.5 Å². The third-order valence-electron chi connectivity index (χ3n) is 5.99. The number of hydrogen-bond donors (Lipinski definition) is 3. The van der Waals surface area contributed by atoms with Gasteiger partial charge in [-0.2, -0.15) is 0 Å². The number of halogens is 1. The Morgan fingerprint density at radius 2 is 1.61 bits per heavy atom. The third-order valence-corrected chi connectivity index (χ3v) is 5.99. The van der Waals surface area contributed by atoms with Gasteiger partial charge in [-0.05, 0) is 79.8 Å². The van der Waals surface area contributed by atoms with Crippen LogP contribution in [0.3, 0.4) is 0 Å². The van der Waals surface area contributed by atoms with Crippen molar-refractivity contribution in [3.63, 3.8) is 0 Å². The summed E-state index contributed by atoms with van der Waals surface area (Å²) in [7, 11) is 0. The van der Waals surface area contributed by atoms with Crippen molar-refractivity contribution in [2.45, 2.75) is 44.7 Å². The number of aromatic hydroxyl groups is 1. The highest BCUT2D eigenvalue weighted by Crippen LogP contribution is 2.29. The number of hydrogen-bond acceptors (Lipinski definition) is 4. The molecule has 0 spiro atoms. The van der Waals surface area contributed by atoms with Crippen molar-refractivity contribution in [3.8, 4) is 16.9 Å². The van der Waals surface area contributed by atoms with E-state index in [4.69, 9.17) is 5.73 Å². The van der Waals surface area contributed by atoms with Gasteiger partial charge in [0.05, 0.1) is 0 Å². The molecule has 0 radical (unpaired) electrons. The maximum absolute atomic E-state index is 13.8. The minimum atomic E-state index is -1.31. The van der Waals surface area contributed by atoms with E-state index in [-0.39, 0.29) is 30.6 Å². The van der Waals surface area contributed by atoms with Crippen molar-refractivity contribution in [3.05, 3.63) is 89.7 Å². The number of carbonyl (C=O) groups is 3. The topological polar surface area (TPSA) is 121 Å². The number of carbonyl (C=O) groups excluding carboxylic acids is 2. The molecule has 7 nitrogen and oxygen atoms in total. The number of benzene rings is 3. The lowest BCUT2D eigenvalue weighted by Gasteiger charge is -2.42. The van der Waals surface area contributed by atoms with Gasteiger partial charge in [-0.3, -0.25) is 9.59 Å². The highest BCUT2D eigenvalue weighted by Gasteiger charge is 2.40. The monoisotopic (exact) mass is 492 g/mol. The Labute approximate surface area is 209 Å². The molecule has 0 aliphatic heterocycles. The number of amides is 2. The molecular weight excluding hydrogens is 463 g/mol. The molecule has 0 aliphatic rings. The molecule has 8 heteroatoms. The molecule has 36 heavy (non-hydrogen) atoms. The van der Waals surface area contributed by atoms with Gasteiger partial charge in [0.25, 0.3) is 5.91 Å². The maximum atomic E-state index is 13.8. The number of aliphatic carboxylic acids is 1. The number of carboxylic acid groups (broad SMARTS) is 1. The zero-order chi connectivity index (χ0) is 26.5. The van der Waals surface area contributed by atoms with Crippen LogP contribution < -0.4 is 5.73 Å². The fourth-order valence-electron chi connectivity index (χ4n) is 4.30. The number of primary amides is 1. The first-order valence-electron chi connectivity index (χ1n) is 11.5. The van der Waals surface area contributed by atoms with Gasteiger partial charge in [0.1, 0.15) is 17.6 Å². The van der Waals surface area contributed by atoms with Gasteiger partial charge in [0.15, 0.2) is 0 Å². The van der Waals surface area contributed by atoms with Gasteiger partial charge in [0, 0.05) is 17.5 Å². The zero-order valence-electron chi connectivity index (χ0n) is 20.1. The fourth-order valence-corrected chi connectivity index (χ4v) is 4.30. The number of phenols is 1. The normalized spacial score (nSPS) is 12.1. The summed E-state index contributed by atoms with van der Waals surface area (Å²) in [6.45, 7) is 3.46. The van der Waals surface area contributed by atoms with Crippen LogP contribution in [0.4, 0.5) is 4.39 Å². The average molecular weight is 493 g/mol. The first kappa shape index (κ1) is 26.4. The standard InChI is InChI=1S/C28H29FN2O5/c1-28(2,17-18-6-12-22(29)13-7-18)31(24(27(35)36)14-15-25(30)33)26(34)20-10-8-19(9-11-20)21-4-3-5-23(32)16-21/h3-13,16,24,32H,14-15,17H2,1-2H3,(H2,30,33)(H,35,36)/t24-/m0/s1. The van der Waals surface area contributed by atoms with E-state index in [9.17, 15) is 29.0 Å². The van der Waals surface area contributed by atoms with E-state index in [2.05, 4.69) is 0 Å². The van der Waals surface area contributed by atoms with Crippen LogP contribution >= 0.6 is 0 Å². The minimum absolute atomic E-state index is 0.111. The third kappa shape index (κ3) is 6.47. The maximum Gasteiger partial charge on any atom is 0.326 e. The van der Waals surface area contributed by atoms with E-state index in [1.165, 1.54) is 17.0 Å². The zero-order valence-corrected chi connectivity index (χ0v) is 20.1. The molecular formula is C28H29FN2O5. The second-order valence-corrected chi connectivity index (χ2v) is 9.28. The van der Waals surface area contributed by atoms with Crippen LogP contribution in [0.1, 0.15) is 42.6 Å². The summed E-state index contributed by atoms with van der Waals surface area (Å²) in [5.41, 5.74) is 6.76. The van der Waals surface area contributed by atoms with Crippen LogP contribution in [-0.2, 0) is 16.0 Å². The highest BCUT2D eigenvalue weighted by molar-refractivity contribution is 5.97. The van der Waals surface area contributed by atoms with Crippen LogP contribution in [0.15, 0.2) is 72.8 Å². The van der Waals surface area contributed by atoms with E-state index in [1.807, 2.05) is 6.07 Å². The van der Waals surface area contributed by atoms with E-state index >= 15 is 0 Å². The number of nitrogens with two attached hydrogens (primary N) is 1. The Morgan fingerprint density at radius 1 is 0.972 bits per heavy atom. The molecule has 0 unspecified atom stereocenters. The molecule has 0 aromatic heterocycles. The molecule has 0 saturated heterocycles. The Balaban J connectivity index is 1.99. The summed E-state index contributed by atoms with van der Waals surface area (Å²) in [5.74, 6) is -2.74. The summed E-state index contributed by atoms with van der Waals surface area (Å²) in [6, 6.07) is 17.8. The van der Waals surface area contributed by atoms with E-state index in [0.29, 0.717) is 0 Å². The molecule has 1 atom stereocenters. The van der Waals surface area contributed by atoms with Gasteiger partial charge in [-0.25, -0.2) is 9.18 Å². The summed E-state index contributed by atoms with van der Waals surface area (Å²) in [5, 5.41) is 19.8. The lowest BCUT2D eigenvalue weighted by atomic mass is 9.89. The molecule has 0 heterocycles. The second-order valence-electron chi connectivity index (χ2n) is 9.28. The Morgan fingerprint density at radius 3 is 2.17 bits per heavy atom. The first-order chi connectivity index (χ1) is 17.0. The van der Waals surface area contributed by atoms with Crippen molar-refractivity contribution >= 4 is 17.8 Å². The summed E-state index contributed by atoms with van der Waals surface area (Å²) in [6.07, 6.45) is -0.102. The summed E-state index contributed by atoms with van der Waals surface area (Å²) < 4.78 is 13.4. The highest BCUT2D eigenvalue weighted by atomic mass is 19.1. The fraction of sp³-hybridized carbons (Fsp3) is 0.250. The van der Waals surface area contributed by atoms with Crippen molar-refractivity contribution < 1.29 is 29.0 Å². The molecule has 2 amide bonds. The van der Waals surface area contributed by atoms with E-state index < -0.39 is 35.2 Å². The second kappa shape index (κ2) is 11.0. The molecule has 0 bridgehead atoms. The smallest absolute Gasteiger partial charge is 0.326 e. The van der Waals surface area contributed by atoms with Crippen molar-refractivity contribution in [2.24, 2.45) is 5.73 Å². The number of rotatable bonds is 10. The Bertz CT molecular complexity index is 1240. The van der Waals surface area contributed by atoms with Gasteiger partial charge in [0.2, 0.25) is 5.91 Å². The predicted molar refractivity (Wildman–Crippen MR) is 134 cm³/mol. The number of nitrogens with zero attached hydrogens (tertiary/aromatic N) is 1. The number of carboxylic acids is 1. The van der Waals surface area contributed by atoms with Crippen LogP contribution in [0, 0.1) is 5.82 Å². The van der Waals surface area contributed by atoms with Crippen LogP contribution in [0.5, 0.6) is 5.75 Å². The largest absolute Gasteiger partial charge is 0.508 e. The van der Waals surface area contributed by atoms with Gasteiger partial charge in [-0.1, -0.05) is 36.4 Å². The van der Waals surface area contributed by atoms with Gasteiger partial charge in [-0.15, -0.1) is 0 Å². The average Bonchev–Trinajstić information content (AvgIpc) is 2.82. The number of phenolic OH excluding ortho intramolecular Hbond substituents is 1. The summed E-state index contributed by atoms with van der Waals surface area (Å²) >= 11 is 0. The molecule has 3 aromatic carbocycles. The molecule has 188 valence electrons. The van der Waals surface area contributed by atoms with Gasteiger partial charge >= 0.3 is 5.97 Å². The lowest BCUT2D eigenvalue weighted by Crippen LogP contribution is -2.57. The predicted octanol–water partition coefficient (Wildman–Crippen LogP) is 4.38. The molecule has 3 aromatic rings. The van der Waals surface area contributed by atoms with Crippen molar-refractivity contribution in [1.82, 2.24) is 4.90 Å². The Kier molecular flexibility index (Phi) is 8.09. The van der Waals surface area contributed by atoms with Crippen LogP contribution in [0.2, 0.25) is 0 Å². The lowest BCUT2D eigenvalue weighted by molar-refractivity contribution is -0.144. The van der Waals surface area contributed by atoms with Crippen molar-refractivity contribution in [1.29, 1.82) is 0 Å². The Hall–Kier alpha value is -4.20. The van der Waals surface area contributed by atoms with Crippen molar-refractivity contribution in [2.75, 3.05) is 0 Å². The molecule has 3 rings (SSSR count). The minimum Gasteiger partial charge on any atom is -0.508 e. The van der Waals surface area contributed by atoms with E-state index in [1.54, 1.807) is 68.4 Å². The van der Waals surface area contributed by atoms with Crippen LogP contribution in [0.25, 0.3) is 11.1 Å². The van der Waals surface area contributed by atoms with Gasteiger partial charge < -0.3 is 20.8 Å². The van der Waals surface area contributed by atoms with E-state index in [0.717, 1.165) is 16.7 Å². The quantitative estimate of drug-likeness (QED) is 0.388. The SMILES string of the molecule is CC(C)(Cc1ccc(F)cc1)N(C(=O)c1ccc(-c2cccc(O)c2)cc1)[C@@H](CCC(N)=O)C(=O)O. The molecule has 0 fully saturated rings. The summed E-state index contributed by atoms with van der Waals surface area (Å²) in [4.78, 5) is 38.8. The molecule has 0 aliphatic carbocycles.